The van der Waals surface area contributed by atoms with E-state index in [0.717, 1.165) is 27.7 Å². The molecule has 3 rings (SSSR count). The van der Waals surface area contributed by atoms with Crippen LogP contribution in [0.15, 0.2) is 18.2 Å². The van der Waals surface area contributed by atoms with Gasteiger partial charge in [-0.05, 0) is 19.1 Å². The lowest BCUT2D eigenvalue weighted by Gasteiger charge is -2.02. The molecule has 86 valence electrons. The van der Waals surface area contributed by atoms with Crippen LogP contribution in [-0.2, 0) is 0 Å². The highest BCUT2D eigenvalue weighted by molar-refractivity contribution is 6.13. The van der Waals surface area contributed by atoms with E-state index >= 15 is 0 Å². The average Bonchev–Trinajstić information content (AvgIpc) is 2.66. The summed E-state index contributed by atoms with van der Waals surface area (Å²) in [4.78, 5) is 11.8. The molecule has 0 radical (unpaired) electrons. The zero-order valence-electron chi connectivity index (χ0n) is 9.61. The van der Waals surface area contributed by atoms with Gasteiger partial charge < -0.3 is 15.5 Å². The number of rotatable bonds is 1. The molecule has 0 spiro atoms. The number of nitrogens with one attached hydrogen (secondary N) is 1. The molecule has 0 aliphatic carbocycles. The maximum Gasteiger partial charge on any atom is 0.144 e. The number of H-pyrrole nitrogens is 1. The van der Waals surface area contributed by atoms with Gasteiger partial charge in [0.2, 0.25) is 0 Å². The highest BCUT2D eigenvalue weighted by atomic mass is 16.5. The molecule has 0 aliphatic rings. The van der Waals surface area contributed by atoms with Crippen LogP contribution in [0.2, 0.25) is 0 Å². The molecule has 0 saturated carbocycles. The maximum absolute atomic E-state index is 5.96. The third-order valence-electron chi connectivity index (χ3n) is 2.80. The lowest BCUT2D eigenvalue weighted by atomic mass is 10.2. The van der Waals surface area contributed by atoms with E-state index in [1.807, 2.05) is 25.1 Å². The molecule has 5 heteroatoms. The van der Waals surface area contributed by atoms with E-state index in [2.05, 4.69) is 15.0 Å². The molecule has 0 amide bonds. The first-order valence-electron chi connectivity index (χ1n) is 5.29. The number of hydrogen-bond acceptors (Lipinski definition) is 4. The maximum atomic E-state index is 5.96. The van der Waals surface area contributed by atoms with E-state index in [-0.39, 0.29) is 0 Å². The van der Waals surface area contributed by atoms with Gasteiger partial charge in [0.15, 0.2) is 0 Å². The lowest BCUT2D eigenvalue weighted by molar-refractivity contribution is 0.420. The molecule has 2 heterocycles. The normalized spacial score (nSPS) is 11.2. The minimum absolute atomic E-state index is 0.475. The second kappa shape index (κ2) is 3.35. The first-order chi connectivity index (χ1) is 8.20. The van der Waals surface area contributed by atoms with Crippen LogP contribution in [0.4, 0.5) is 5.82 Å². The van der Waals surface area contributed by atoms with E-state index in [1.165, 1.54) is 0 Å². The number of nitrogens with two attached hydrogens (primary N) is 1. The number of ether oxygens (including phenoxy) is 1. The van der Waals surface area contributed by atoms with Crippen LogP contribution in [0.3, 0.4) is 0 Å². The van der Waals surface area contributed by atoms with Crippen molar-refractivity contribution in [3.63, 3.8) is 0 Å². The molecule has 3 N–H and O–H groups in total. The predicted octanol–water partition coefficient (Wildman–Crippen LogP) is 2.01. The number of aryl methyl sites for hydroxylation is 1. The number of benzene rings is 1. The summed E-state index contributed by atoms with van der Waals surface area (Å²) in [5, 5.41) is 1.76. The molecule has 1 aromatic carbocycles. The van der Waals surface area contributed by atoms with Crippen LogP contribution in [0.25, 0.3) is 21.9 Å². The quantitative estimate of drug-likeness (QED) is 0.668. The summed E-state index contributed by atoms with van der Waals surface area (Å²) in [6.45, 7) is 1.82. The van der Waals surface area contributed by atoms with Crippen molar-refractivity contribution in [3.05, 3.63) is 24.0 Å². The van der Waals surface area contributed by atoms with Crippen molar-refractivity contribution >= 4 is 27.8 Å². The number of hydrogen-bond donors (Lipinski definition) is 2. The number of methoxy groups -OCH3 is 1. The zero-order valence-corrected chi connectivity index (χ0v) is 9.61. The molecule has 3 aromatic rings. The monoisotopic (exact) mass is 228 g/mol. The minimum atomic E-state index is 0.475. The smallest absolute Gasteiger partial charge is 0.144 e. The predicted molar refractivity (Wildman–Crippen MR) is 67.1 cm³/mol. The number of nitrogens with zero attached hydrogens (tertiary/aromatic N) is 2. The van der Waals surface area contributed by atoms with E-state index in [4.69, 9.17) is 10.5 Å². The van der Waals surface area contributed by atoms with Gasteiger partial charge in [-0.3, -0.25) is 0 Å². The first-order valence-corrected chi connectivity index (χ1v) is 5.29. The SMILES string of the molecule is COc1cccc2[nH]c3nc(C)nc(N)c3c12. The number of anilines is 1. The standard InChI is InChI=1S/C12H12N4O/c1-6-14-11(13)10-9-7(16-12(10)15-6)4-3-5-8(9)17-2/h3-5H,1-2H3,(H3,13,14,15,16). The summed E-state index contributed by atoms with van der Waals surface area (Å²) in [7, 11) is 1.64. The van der Waals surface area contributed by atoms with Crippen molar-refractivity contribution in [3.8, 4) is 5.75 Å². The van der Waals surface area contributed by atoms with Crippen molar-refractivity contribution in [1.29, 1.82) is 0 Å². The van der Waals surface area contributed by atoms with Gasteiger partial charge in [0, 0.05) is 0 Å². The van der Waals surface area contributed by atoms with E-state index in [0.29, 0.717) is 11.6 Å². The van der Waals surface area contributed by atoms with Crippen LogP contribution in [0.5, 0.6) is 5.75 Å². The van der Waals surface area contributed by atoms with Crippen LogP contribution in [-0.4, -0.2) is 22.1 Å². The van der Waals surface area contributed by atoms with Gasteiger partial charge in [0.05, 0.1) is 23.4 Å². The average molecular weight is 228 g/mol. The Labute approximate surface area is 97.6 Å². The third kappa shape index (κ3) is 1.32. The number of fused-ring (bicyclic) bond motifs is 3. The van der Waals surface area contributed by atoms with E-state index in [1.54, 1.807) is 7.11 Å². The number of aromatic amines is 1. The molecule has 0 aliphatic heterocycles. The van der Waals surface area contributed by atoms with Crippen LogP contribution >= 0.6 is 0 Å². The second-order valence-electron chi connectivity index (χ2n) is 3.89. The van der Waals surface area contributed by atoms with Crippen molar-refractivity contribution in [1.82, 2.24) is 15.0 Å². The highest BCUT2D eigenvalue weighted by Gasteiger charge is 2.13. The van der Waals surface area contributed by atoms with Crippen LogP contribution in [0.1, 0.15) is 5.82 Å². The van der Waals surface area contributed by atoms with Gasteiger partial charge >= 0.3 is 0 Å². The lowest BCUT2D eigenvalue weighted by Crippen LogP contribution is -1.96. The summed E-state index contributed by atoms with van der Waals surface area (Å²) in [5.74, 6) is 1.90. The molecule has 0 unspecified atom stereocenters. The van der Waals surface area contributed by atoms with Crippen LogP contribution in [0, 0.1) is 6.92 Å². The Kier molecular flexibility index (Phi) is 1.95. The van der Waals surface area contributed by atoms with Gasteiger partial charge in [-0.2, -0.15) is 0 Å². The van der Waals surface area contributed by atoms with Crippen molar-refractivity contribution in [2.45, 2.75) is 6.92 Å². The van der Waals surface area contributed by atoms with Gasteiger partial charge in [-0.25, -0.2) is 9.97 Å². The molecular formula is C12H12N4O. The topological polar surface area (TPSA) is 76.8 Å². The number of nitrogen functional groups attached to an aromatic ring is 1. The highest BCUT2D eigenvalue weighted by Crippen LogP contribution is 2.34. The third-order valence-corrected chi connectivity index (χ3v) is 2.80. The Morgan fingerprint density at radius 2 is 2.06 bits per heavy atom. The molecule has 2 aromatic heterocycles. The minimum Gasteiger partial charge on any atom is -0.496 e. The van der Waals surface area contributed by atoms with Crippen molar-refractivity contribution in [2.24, 2.45) is 0 Å². The molecule has 0 fully saturated rings. The Morgan fingerprint density at radius 3 is 2.82 bits per heavy atom. The van der Waals surface area contributed by atoms with E-state index in [9.17, 15) is 0 Å². The fraction of sp³-hybridized carbons (Fsp3) is 0.167. The van der Waals surface area contributed by atoms with Crippen molar-refractivity contribution < 1.29 is 4.74 Å². The first kappa shape index (κ1) is 9.89. The Morgan fingerprint density at radius 1 is 1.24 bits per heavy atom. The molecule has 0 atom stereocenters. The fourth-order valence-corrected chi connectivity index (χ4v) is 2.12. The summed E-state index contributed by atoms with van der Waals surface area (Å²) in [6, 6.07) is 5.79. The summed E-state index contributed by atoms with van der Waals surface area (Å²) < 4.78 is 5.35. The Hall–Kier alpha value is -2.30. The molecule has 0 saturated heterocycles. The molecular weight excluding hydrogens is 216 g/mol. The summed E-state index contributed by atoms with van der Waals surface area (Å²) >= 11 is 0. The summed E-state index contributed by atoms with van der Waals surface area (Å²) in [5.41, 5.74) is 7.66. The second-order valence-corrected chi connectivity index (χ2v) is 3.89. The van der Waals surface area contributed by atoms with Gasteiger partial charge in [0.1, 0.15) is 23.0 Å². The number of aromatic nitrogens is 3. The fourth-order valence-electron chi connectivity index (χ4n) is 2.12. The van der Waals surface area contributed by atoms with Crippen LogP contribution < -0.4 is 10.5 Å². The van der Waals surface area contributed by atoms with Gasteiger partial charge in [-0.1, -0.05) is 6.07 Å². The molecule has 5 nitrogen and oxygen atoms in total. The van der Waals surface area contributed by atoms with Crippen molar-refractivity contribution in [2.75, 3.05) is 12.8 Å². The largest absolute Gasteiger partial charge is 0.496 e. The van der Waals surface area contributed by atoms with Gasteiger partial charge in [0.25, 0.3) is 0 Å². The van der Waals surface area contributed by atoms with E-state index < -0.39 is 0 Å². The zero-order chi connectivity index (χ0) is 12.0. The summed E-state index contributed by atoms with van der Waals surface area (Å²) in [6.07, 6.45) is 0. The Balaban J connectivity index is 2.57. The van der Waals surface area contributed by atoms with Gasteiger partial charge in [-0.15, -0.1) is 0 Å². The Bertz CT molecular complexity index is 717. The molecule has 17 heavy (non-hydrogen) atoms. The molecule has 0 bridgehead atoms.